The number of amides is 1. The van der Waals surface area contributed by atoms with Gasteiger partial charge in [-0.1, -0.05) is 12.5 Å². The van der Waals surface area contributed by atoms with Gasteiger partial charge >= 0.3 is 0 Å². The number of thiophene rings is 1. The highest BCUT2D eigenvalue weighted by molar-refractivity contribution is 7.09. The number of nitrogens with zero attached hydrogens (tertiary/aromatic N) is 2. The topological polar surface area (TPSA) is 43.8 Å². The first-order chi connectivity index (χ1) is 9.20. The van der Waals surface area contributed by atoms with Crippen molar-refractivity contribution < 1.29 is 9.90 Å². The molecule has 1 unspecified atom stereocenters. The van der Waals surface area contributed by atoms with Gasteiger partial charge in [0.1, 0.15) is 0 Å². The van der Waals surface area contributed by atoms with Crippen molar-refractivity contribution in [3.63, 3.8) is 0 Å². The standard InChI is InChI=1S/C14H22N2O2S/c1-15(9-13-6-4-8-19-13)14(18)10-16-7-3-2-5-12(16)11-17/h4,6,8,12,17H,2-3,5,7,9-11H2,1H3. The number of aliphatic hydroxyl groups is 1. The van der Waals surface area contributed by atoms with Crippen molar-refractivity contribution in [2.45, 2.75) is 31.8 Å². The zero-order chi connectivity index (χ0) is 13.7. The van der Waals surface area contributed by atoms with Crippen molar-refractivity contribution in [3.8, 4) is 0 Å². The second kappa shape index (κ2) is 7.03. The number of rotatable bonds is 5. The smallest absolute Gasteiger partial charge is 0.236 e. The summed E-state index contributed by atoms with van der Waals surface area (Å²) in [7, 11) is 1.85. The Morgan fingerprint density at radius 1 is 1.58 bits per heavy atom. The van der Waals surface area contributed by atoms with Crippen LogP contribution in [0.15, 0.2) is 17.5 Å². The second-order valence-corrected chi connectivity index (χ2v) is 6.16. The Morgan fingerprint density at radius 3 is 3.11 bits per heavy atom. The third-order valence-corrected chi connectivity index (χ3v) is 4.56. The molecule has 1 N–H and O–H groups in total. The van der Waals surface area contributed by atoms with Gasteiger partial charge in [-0.05, 0) is 30.8 Å². The molecule has 1 atom stereocenters. The second-order valence-electron chi connectivity index (χ2n) is 5.13. The summed E-state index contributed by atoms with van der Waals surface area (Å²) in [5.41, 5.74) is 0. The highest BCUT2D eigenvalue weighted by atomic mass is 32.1. The van der Waals surface area contributed by atoms with E-state index in [2.05, 4.69) is 4.90 Å². The molecule has 19 heavy (non-hydrogen) atoms. The number of likely N-dealkylation sites (N-methyl/N-ethyl adjacent to an activating group) is 1. The third kappa shape index (κ3) is 4.03. The highest BCUT2D eigenvalue weighted by Crippen LogP contribution is 2.17. The number of hydrogen-bond acceptors (Lipinski definition) is 4. The minimum Gasteiger partial charge on any atom is -0.395 e. The van der Waals surface area contributed by atoms with Crippen molar-refractivity contribution >= 4 is 17.2 Å². The van der Waals surface area contributed by atoms with Crippen LogP contribution in [0.3, 0.4) is 0 Å². The summed E-state index contributed by atoms with van der Waals surface area (Å²) in [5, 5.41) is 11.4. The van der Waals surface area contributed by atoms with Crippen LogP contribution in [0.2, 0.25) is 0 Å². The van der Waals surface area contributed by atoms with E-state index in [4.69, 9.17) is 0 Å². The molecule has 1 saturated heterocycles. The number of carbonyl (C=O) groups excluding carboxylic acids is 1. The lowest BCUT2D eigenvalue weighted by Gasteiger charge is -2.34. The van der Waals surface area contributed by atoms with Crippen molar-refractivity contribution in [2.75, 3.05) is 26.7 Å². The zero-order valence-electron chi connectivity index (χ0n) is 11.4. The Kier molecular flexibility index (Phi) is 5.36. The first kappa shape index (κ1) is 14.5. The fraction of sp³-hybridized carbons (Fsp3) is 0.643. The number of likely N-dealkylation sites (tertiary alicyclic amines) is 1. The fourth-order valence-electron chi connectivity index (χ4n) is 2.49. The Hall–Kier alpha value is -0.910. The summed E-state index contributed by atoms with van der Waals surface area (Å²) in [4.78, 5) is 17.3. The Morgan fingerprint density at radius 2 is 2.42 bits per heavy atom. The first-order valence-corrected chi connectivity index (χ1v) is 7.70. The van der Waals surface area contributed by atoms with Gasteiger partial charge in [-0.3, -0.25) is 9.69 Å². The van der Waals surface area contributed by atoms with E-state index in [1.165, 1.54) is 4.88 Å². The molecule has 0 aromatic carbocycles. The summed E-state index contributed by atoms with van der Waals surface area (Å²) in [5.74, 6) is 0.133. The van der Waals surface area contributed by atoms with Gasteiger partial charge in [0.15, 0.2) is 0 Å². The third-order valence-electron chi connectivity index (χ3n) is 3.70. The Labute approximate surface area is 118 Å². The molecule has 5 heteroatoms. The lowest BCUT2D eigenvalue weighted by atomic mass is 10.0. The molecule has 106 valence electrons. The monoisotopic (exact) mass is 282 g/mol. The van der Waals surface area contributed by atoms with E-state index < -0.39 is 0 Å². The van der Waals surface area contributed by atoms with Crippen LogP contribution in [-0.4, -0.2) is 53.6 Å². The van der Waals surface area contributed by atoms with Gasteiger partial charge in [0.05, 0.1) is 19.7 Å². The van der Waals surface area contributed by atoms with Crippen LogP contribution in [0.1, 0.15) is 24.1 Å². The van der Waals surface area contributed by atoms with Gasteiger partial charge in [0.2, 0.25) is 5.91 Å². The zero-order valence-corrected chi connectivity index (χ0v) is 12.2. The molecule has 0 radical (unpaired) electrons. The van der Waals surface area contributed by atoms with Gasteiger partial charge < -0.3 is 10.0 Å². The minimum absolute atomic E-state index is 0.133. The van der Waals surface area contributed by atoms with E-state index in [9.17, 15) is 9.90 Å². The van der Waals surface area contributed by atoms with Crippen molar-refractivity contribution in [3.05, 3.63) is 22.4 Å². The van der Waals surface area contributed by atoms with E-state index in [1.54, 1.807) is 16.2 Å². The molecule has 4 nitrogen and oxygen atoms in total. The minimum atomic E-state index is 0.133. The first-order valence-electron chi connectivity index (χ1n) is 6.82. The molecule has 0 saturated carbocycles. The summed E-state index contributed by atoms with van der Waals surface area (Å²) >= 11 is 1.67. The van der Waals surface area contributed by atoms with Crippen LogP contribution >= 0.6 is 11.3 Å². The maximum absolute atomic E-state index is 12.2. The lowest BCUT2D eigenvalue weighted by molar-refractivity contribution is -0.132. The lowest BCUT2D eigenvalue weighted by Crippen LogP contribution is -2.47. The maximum Gasteiger partial charge on any atom is 0.236 e. The average molecular weight is 282 g/mol. The van der Waals surface area contributed by atoms with E-state index in [0.717, 1.165) is 25.8 Å². The predicted molar refractivity (Wildman–Crippen MR) is 77.1 cm³/mol. The van der Waals surface area contributed by atoms with Crippen molar-refractivity contribution in [2.24, 2.45) is 0 Å². The largest absolute Gasteiger partial charge is 0.395 e. The van der Waals surface area contributed by atoms with Crippen molar-refractivity contribution in [1.29, 1.82) is 0 Å². The molecule has 1 aliphatic heterocycles. The molecular weight excluding hydrogens is 260 g/mol. The highest BCUT2D eigenvalue weighted by Gasteiger charge is 2.24. The predicted octanol–water partition coefficient (Wildman–Crippen LogP) is 1.55. The van der Waals surface area contributed by atoms with Crippen LogP contribution in [0.5, 0.6) is 0 Å². The SMILES string of the molecule is CN(Cc1cccs1)C(=O)CN1CCCCC1CO. The molecule has 1 fully saturated rings. The summed E-state index contributed by atoms with van der Waals surface area (Å²) < 4.78 is 0. The number of carbonyl (C=O) groups is 1. The molecule has 0 aliphatic carbocycles. The Balaban J connectivity index is 1.85. The molecule has 0 spiro atoms. The summed E-state index contributed by atoms with van der Waals surface area (Å²) in [6, 6.07) is 4.21. The van der Waals surface area contributed by atoms with Gasteiger partial charge in [0.25, 0.3) is 0 Å². The summed E-state index contributed by atoms with van der Waals surface area (Å²) in [6.07, 6.45) is 3.28. The number of hydrogen-bond donors (Lipinski definition) is 1. The van der Waals surface area contributed by atoms with Gasteiger partial charge in [-0.2, -0.15) is 0 Å². The molecule has 2 rings (SSSR count). The quantitative estimate of drug-likeness (QED) is 0.891. The Bertz CT molecular complexity index is 394. The average Bonchev–Trinajstić information content (AvgIpc) is 2.92. The van der Waals surface area contributed by atoms with Gasteiger partial charge in [-0.15, -0.1) is 11.3 Å². The molecule has 1 aromatic rings. The van der Waals surface area contributed by atoms with E-state index in [-0.39, 0.29) is 18.6 Å². The van der Waals surface area contributed by atoms with Crippen LogP contribution in [-0.2, 0) is 11.3 Å². The number of aliphatic hydroxyl groups excluding tert-OH is 1. The van der Waals surface area contributed by atoms with Crippen LogP contribution in [0, 0.1) is 0 Å². The van der Waals surface area contributed by atoms with E-state index >= 15 is 0 Å². The maximum atomic E-state index is 12.2. The molecular formula is C14H22N2O2S. The molecule has 0 bridgehead atoms. The molecule has 1 amide bonds. The molecule has 1 aliphatic rings. The van der Waals surface area contributed by atoms with Crippen molar-refractivity contribution in [1.82, 2.24) is 9.80 Å². The normalized spacial score (nSPS) is 20.4. The van der Waals surface area contributed by atoms with Gasteiger partial charge in [0, 0.05) is 18.0 Å². The van der Waals surface area contributed by atoms with Crippen LogP contribution in [0.4, 0.5) is 0 Å². The van der Waals surface area contributed by atoms with Crippen LogP contribution < -0.4 is 0 Å². The van der Waals surface area contributed by atoms with Crippen LogP contribution in [0.25, 0.3) is 0 Å². The fourth-order valence-corrected chi connectivity index (χ4v) is 3.25. The van der Waals surface area contributed by atoms with Gasteiger partial charge in [-0.25, -0.2) is 0 Å². The summed E-state index contributed by atoms with van der Waals surface area (Å²) in [6.45, 7) is 2.17. The van der Waals surface area contributed by atoms with E-state index in [1.807, 2.05) is 24.6 Å². The number of piperidine rings is 1. The molecule has 2 heterocycles. The molecule has 1 aromatic heterocycles. The van der Waals surface area contributed by atoms with E-state index in [0.29, 0.717) is 13.1 Å².